The van der Waals surface area contributed by atoms with Crippen LogP contribution in [0.3, 0.4) is 0 Å². The van der Waals surface area contributed by atoms with Crippen molar-refractivity contribution in [1.82, 2.24) is 5.01 Å². The molecule has 21 heavy (non-hydrogen) atoms. The van der Waals surface area contributed by atoms with E-state index in [9.17, 15) is 5.11 Å². The van der Waals surface area contributed by atoms with Crippen LogP contribution < -0.4 is 11.6 Å². The second-order valence-corrected chi connectivity index (χ2v) is 5.24. The smallest absolute Gasteiger partial charge is 0.0972 e. The quantitative estimate of drug-likeness (QED) is 0.411. The lowest BCUT2D eigenvalue weighted by Gasteiger charge is -2.28. The molecule has 0 saturated carbocycles. The highest BCUT2D eigenvalue weighted by Crippen LogP contribution is 2.09. The van der Waals surface area contributed by atoms with Gasteiger partial charge < -0.3 is 10.8 Å². The number of aliphatic hydroxyl groups is 1. The van der Waals surface area contributed by atoms with E-state index in [2.05, 4.69) is 0 Å². The van der Waals surface area contributed by atoms with Crippen molar-refractivity contribution in [2.75, 3.05) is 0 Å². The van der Waals surface area contributed by atoms with Crippen LogP contribution in [0.1, 0.15) is 17.5 Å². The molecular weight excluding hydrogens is 262 g/mol. The third-order valence-corrected chi connectivity index (χ3v) is 3.56. The first kappa shape index (κ1) is 15.7. The molecular formula is C17H23N3O. The number of aliphatic hydroxyl groups excluding tert-OH is 1. The summed E-state index contributed by atoms with van der Waals surface area (Å²) in [6.07, 6.45) is 0.149. The number of hydrazine groups is 1. The first-order valence-electron chi connectivity index (χ1n) is 7.19. The summed E-state index contributed by atoms with van der Waals surface area (Å²) in [5.41, 5.74) is 8.29. The highest BCUT2D eigenvalue weighted by molar-refractivity contribution is 5.15. The zero-order valence-electron chi connectivity index (χ0n) is 12.1. The lowest BCUT2D eigenvalue weighted by atomic mass is 10.1. The second kappa shape index (κ2) is 7.90. The van der Waals surface area contributed by atoms with Crippen LogP contribution in [0.5, 0.6) is 0 Å². The van der Waals surface area contributed by atoms with Crippen LogP contribution in [0, 0.1) is 0 Å². The number of hydrogen-bond acceptors (Lipinski definition) is 4. The Kier molecular flexibility index (Phi) is 5.90. The first-order chi connectivity index (χ1) is 10.2. The van der Waals surface area contributed by atoms with Crippen molar-refractivity contribution in [3.8, 4) is 0 Å². The minimum atomic E-state index is -0.654. The number of rotatable bonds is 7. The molecule has 4 heteroatoms. The zero-order chi connectivity index (χ0) is 15.1. The monoisotopic (exact) mass is 285 g/mol. The number of benzene rings is 2. The number of aryl methyl sites for hydroxylation is 1. The highest BCUT2D eigenvalue weighted by Gasteiger charge is 2.19. The summed E-state index contributed by atoms with van der Waals surface area (Å²) >= 11 is 0. The predicted octanol–water partition coefficient (Wildman–Crippen LogP) is 1.64. The van der Waals surface area contributed by atoms with Crippen LogP contribution in [0.4, 0.5) is 0 Å². The molecule has 2 aromatic rings. The van der Waals surface area contributed by atoms with Crippen molar-refractivity contribution in [3.63, 3.8) is 0 Å². The Bertz CT molecular complexity index is 518. The Morgan fingerprint density at radius 1 is 0.905 bits per heavy atom. The maximum Gasteiger partial charge on any atom is 0.0972 e. The zero-order valence-corrected chi connectivity index (χ0v) is 12.1. The van der Waals surface area contributed by atoms with Crippen molar-refractivity contribution >= 4 is 0 Å². The fourth-order valence-electron chi connectivity index (χ4n) is 2.25. The molecule has 0 amide bonds. The number of nitrogens with zero attached hydrogens (tertiary/aromatic N) is 1. The van der Waals surface area contributed by atoms with Gasteiger partial charge >= 0.3 is 0 Å². The molecule has 0 aliphatic heterocycles. The van der Waals surface area contributed by atoms with Gasteiger partial charge in [-0.25, -0.2) is 5.01 Å². The molecule has 5 N–H and O–H groups in total. The van der Waals surface area contributed by atoms with Crippen molar-refractivity contribution in [3.05, 3.63) is 71.8 Å². The van der Waals surface area contributed by atoms with Crippen LogP contribution in [-0.2, 0) is 13.0 Å². The summed E-state index contributed by atoms with van der Waals surface area (Å²) in [6, 6.07) is 19.9. The molecule has 112 valence electrons. The Labute approximate surface area is 126 Å². The van der Waals surface area contributed by atoms with Crippen LogP contribution in [-0.4, -0.2) is 22.4 Å². The maximum atomic E-state index is 10.2. The first-order valence-corrected chi connectivity index (χ1v) is 7.19. The van der Waals surface area contributed by atoms with Crippen molar-refractivity contribution in [2.24, 2.45) is 11.6 Å². The Hall–Kier alpha value is -1.72. The molecule has 0 heterocycles. The lowest BCUT2D eigenvalue weighted by molar-refractivity contribution is 0.0418. The van der Waals surface area contributed by atoms with Crippen molar-refractivity contribution < 1.29 is 5.11 Å². The summed E-state index contributed by atoms with van der Waals surface area (Å²) in [7, 11) is 0. The fourth-order valence-corrected chi connectivity index (χ4v) is 2.25. The van der Waals surface area contributed by atoms with Crippen LogP contribution >= 0.6 is 0 Å². The molecule has 2 aromatic carbocycles. The van der Waals surface area contributed by atoms with Gasteiger partial charge in [-0.15, -0.1) is 0 Å². The predicted molar refractivity (Wildman–Crippen MR) is 84.9 cm³/mol. The SMILES string of the molecule is N[C@H]([C@@H](O)CCc1ccccc1)N(N)Cc1ccccc1. The molecule has 0 fully saturated rings. The average Bonchev–Trinajstić information content (AvgIpc) is 2.53. The van der Waals surface area contributed by atoms with Gasteiger partial charge in [0.2, 0.25) is 0 Å². The molecule has 0 saturated heterocycles. The van der Waals surface area contributed by atoms with E-state index >= 15 is 0 Å². The fraction of sp³-hybridized carbons (Fsp3) is 0.294. The third-order valence-electron chi connectivity index (χ3n) is 3.56. The molecule has 0 aliphatic carbocycles. The largest absolute Gasteiger partial charge is 0.390 e. The van der Waals surface area contributed by atoms with E-state index in [4.69, 9.17) is 11.6 Å². The van der Waals surface area contributed by atoms with Gasteiger partial charge in [-0.05, 0) is 24.0 Å². The van der Waals surface area contributed by atoms with E-state index in [1.54, 1.807) is 0 Å². The van der Waals surface area contributed by atoms with Gasteiger partial charge in [-0.3, -0.25) is 5.84 Å². The van der Waals surface area contributed by atoms with Gasteiger partial charge in [0, 0.05) is 6.54 Å². The molecule has 0 aromatic heterocycles. The summed E-state index contributed by atoms with van der Waals surface area (Å²) in [5.74, 6) is 5.97. The summed E-state index contributed by atoms with van der Waals surface area (Å²) in [6.45, 7) is 0.518. The van der Waals surface area contributed by atoms with Gasteiger partial charge in [-0.1, -0.05) is 60.7 Å². The molecule has 0 unspecified atom stereocenters. The summed E-state index contributed by atoms with van der Waals surface area (Å²) in [5, 5.41) is 11.7. The second-order valence-electron chi connectivity index (χ2n) is 5.24. The van der Waals surface area contributed by atoms with Crippen molar-refractivity contribution in [2.45, 2.75) is 31.7 Å². The van der Waals surface area contributed by atoms with E-state index in [1.165, 1.54) is 10.6 Å². The van der Waals surface area contributed by atoms with Gasteiger partial charge in [-0.2, -0.15) is 0 Å². The van der Waals surface area contributed by atoms with Gasteiger partial charge in [0.25, 0.3) is 0 Å². The third kappa shape index (κ3) is 4.95. The van der Waals surface area contributed by atoms with E-state index in [0.29, 0.717) is 13.0 Å². The number of nitrogens with two attached hydrogens (primary N) is 2. The molecule has 0 bridgehead atoms. The average molecular weight is 285 g/mol. The molecule has 4 nitrogen and oxygen atoms in total. The lowest BCUT2D eigenvalue weighted by Crippen LogP contribution is -2.53. The molecule has 0 radical (unpaired) electrons. The van der Waals surface area contributed by atoms with Crippen LogP contribution in [0.25, 0.3) is 0 Å². The van der Waals surface area contributed by atoms with Gasteiger partial charge in [0.05, 0.1) is 12.3 Å². The minimum Gasteiger partial charge on any atom is -0.390 e. The molecule has 2 atom stereocenters. The van der Waals surface area contributed by atoms with Crippen LogP contribution in [0.2, 0.25) is 0 Å². The van der Waals surface area contributed by atoms with Crippen LogP contribution in [0.15, 0.2) is 60.7 Å². The Balaban J connectivity index is 1.82. The minimum absolute atomic E-state index is 0.518. The van der Waals surface area contributed by atoms with Crippen molar-refractivity contribution in [1.29, 1.82) is 0 Å². The molecule has 2 rings (SSSR count). The summed E-state index contributed by atoms with van der Waals surface area (Å²) < 4.78 is 0. The van der Waals surface area contributed by atoms with Gasteiger partial charge in [0.15, 0.2) is 0 Å². The van der Waals surface area contributed by atoms with Gasteiger partial charge in [0.1, 0.15) is 0 Å². The number of hydrogen-bond donors (Lipinski definition) is 3. The molecule has 0 aliphatic rings. The Morgan fingerprint density at radius 3 is 2.00 bits per heavy atom. The highest BCUT2D eigenvalue weighted by atomic mass is 16.3. The topological polar surface area (TPSA) is 75.5 Å². The molecule has 0 spiro atoms. The Morgan fingerprint density at radius 2 is 1.43 bits per heavy atom. The van der Waals surface area contributed by atoms with E-state index in [-0.39, 0.29) is 0 Å². The maximum absolute atomic E-state index is 10.2. The van der Waals surface area contributed by atoms with E-state index in [1.807, 2.05) is 60.7 Å². The summed E-state index contributed by atoms with van der Waals surface area (Å²) in [4.78, 5) is 0. The normalized spacial score (nSPS) is 14.1. The van der Waals surface area contributed by atoms with E-state index in [0.717, 1.165) is 12.0 Å². The van der Waals surface area contributed by atoms with E-state index < -0.39 is 12.3 Å². The standard InChI is InChI=1S/C17H23N3O/c18-17(20(19)13-15-9-5-2-6-10-15)16(21)12-11-14-7-3-1-4-8-14/h1-10,16-17,21H,11-13,18-19H2/t16-,17-/m0/s1.